The highest BCUT2D eigenvalue weighted by atomic mass is 19.4. The Bertz CT molecular complexity index is 506. The second kappa shape index (κ2) is 5.36. The maximum Gasteiger partial charge on any atom is 0.416 e. The molecule has 6 heteroatoms. The van der Waals surface area contributed by atoms with Gasteiger partial charge < -0.3 is 14.9 Å². The minimum Gasteiger partial charge on any atom is -0.481 e. The summed E-state index contributed by atoms with van der Waals surface area (Å²) in [5, 5.41) is 0. The van der Waals surface area contributed by atoms with Crippen LogP contribution in [0.1, 0.15) is 17.4 Å². The van der Waals surface area contributed by atoms with Crippen LogP contribution in [0.4, 0.5) is 13.2 Å². The Morgan fingerprint density at radius 2 is 1.84 bits per heavy atom. The first-order valence-electron chi connectivity index (χ1n) is 5.58. The third-order valence-electron chi connectivity index (χ3n) is 2.53. The van der Waals surface area contributed by atoms with E-state index in [-0.39, 0.29) is 6.54 Å². The van der Waals surface area contributed by atoms with Gasteiger partial charge in [0.2, 0.25) is 0 Å². The average Bonchev–Trinajstić information content (AvgIpc) is 2.89. The van der Waals surface area contributed by atoms with E-state index in [2.05, 4.69) is 0 Å². The summed E-state index contributed by atoms with van der Waals surface area (Å²) in [5.74, 6) is 0.835. The number of benzene rings is 1. The molecule has 1 heterocycles. The van der Waals surface area contributed by atoms with Gasteiger partial charge in [-0.15, -0.1) is 0 Å². The van der Waals surface area contributed by atoms with Crippen molar-refractivity contribution in [2.45, 2.75) is 12.3 Å². The highest BCUT2D eigenvalue weighted by Gasteiger charge is 2.30. The normalized spacial score (nSPS) is 13.3. The van der Waals surface area contributed by atoms with Crippen LogP contribution in [0.3, 0.4) is 0 Å². The van der Waals surface area contributed by atoms with Crippen LogP contribution in [0.25, 0.3) is 0 Å². The molecule has 1 aromatic carbocycles. The molecule has 3 nitrogen and oxygen atoms in total. The second-order valence-electron chi connectivity index (χ2n) is 3.88. The maximum atomic E-state index is 12.4. The lowest BCUT2D eigenvalue weighted by Crippen LogP contribution is -2.18. The van der Waals surface area contributed by atoms with Gasteiger partial charge in [-0.25, -0.2) is 0 Å². The quantitative estimate of drug-likeness (QED) is 0.927. The van der Waals surface area contributed by atoms with E-state index in [9.17, 15) is 13.2 Å². The Morgan fingerprint density at radius 3 is 2.32 bits per heavy atom. The Balaban J connectivity index is 2.11. The van der Waals surface area contributed by atoms with Crippen molar-refractivity contribution >= 4 is 0 Å². The summed E-state index contributed by atoms with van der Waals surface area (Å²) in [4.78, 5) is 0. The van der Waals surface area contributed by atoms with Crippen molar-refractivity contribution in [2.75, 3.05) is 6.54 Å². The molecule has 0 saturated carbocycles. The molecule has 19 heavy (non-hydrogen) atoms. The van der Waals surface area contributed by atoms with E-state index in [1.807, 2.05) is 0 Å². The van der Waals surface area contributed by atoms with E-state index in [4.69, 9.17) is 14.9 Å². The first-order chi connectivity index (χ1) is 9.00. The topological polar surface area (TPSA) is 48.4 Å². The SMILES string of the molecule is NCC(Oc1ccc(C(F)(F)F)cc1)c1ccco1. The van der Waals surface area contributed by atoms with Crippen molar-refractivity contribution < 1.29 is 22.3 Å². The molecule has 1 aromatic heterocycles. The van der Waals surface area contributed by atoms with Gasteiger partial charge in [-0.2, -0.15) is 13.2 Å². The Labute approximate surface area is 107 Å². The predicted octanol–water partition coefficient (Wildman–Crippen LogP) is 3.38. The van der Waals surface area contributed by atoms with Gasteiger partial charge in [0.25, 0.3) is 0 Å². The van der Waals surface area contributed by atoms with E-state index < -0.39 is 17.8 Å². The molecule has 1 atom stereocenters. The van der Waals surface area contributed by atoms with Crippen LogP contribution in [-0.4, -0.2) is 6.54 Å². The summed E-state index contributed by atoms with van der Waals surface area (Å²) in [6.07, 6.45) is -3.40. The van der Waals surface area contributed by atoms with Crippen molar-refractivity contribution in [2.24, 2.45) is 5.73 Å². The predicted molar refractivity (Wildman–Crippen MR) is 62.6 cm³/mol. The zero-order valence-electron chi connectivity index (χ0n) is 9.85. The fourth-order valence-electron chi connectivity index (χ4n) is 1.58. The van der Waals surface area contributed by atoms with Crippen molar-refractivity contribution in [1.29, 1.82) is 0 Å². The zero-order chi connectivity index (χ0) is 13.9. The van der Waals surface area contributed by atoms with Gasteiger partial charge in [0, 0.05) is 6.54 Å². The number of furan rings is 1. The molecule has 0 fully saturated rings. The van der Waals surface area contributed by atoms with Crippen LogP contribution in [0.5, 0.6) is 5.75 Å². The van der Waals surface area contributed by atoms with Gasteiger partial charge in [0.05, 0.1) is 11.8 Å². The van der Waals surface area contributed by atoms with Crippen molar-refractivity contribution in [3.63, 3.8) is 0 Å². The zero-order valence-corrected chi connectivity index (χ0v) is 9.85. The molecule has 102 valence electrons. The van der Waals surface area contributed by atoms with Crippen molar-refractivity contribution in [3.8, 4) is 5.75 Å². The highest BCUT2D eigenvalue weighted by Crippen LogP contribution is 2.31. The third-order valence-corrected chi connectivity index (χ3v) is 2.53. The molecule has 2 N–H and O–H groups in total. The fraction of sp³-hybridized carbons (Fsp3) is 0.231. The van der Waals surface area contributed by atoms with E-state index in [1.165, 1.54) is 18.4 Å². The minimum atomic E-state index is -4.35. The van der Waals surface area contributed by atoms with E-state index in [0.29, 0.717) is 11.5 Å². The molecule has 0 aliphatic rings. The second-order valence-corrected chi connectivity index (χ2v) is 3.88. The minimum absolute atomic E-state index is 0.161. The van der Waals surface area contributed by atoms with Crippen LogP contribution in [-0.2, 0) is 6.18 Å². The maximum absolute atomic E-state index is 12.4. The van der Waals surface area contributed by atoms with Crippen molar-refractivity contribution in [1.82, 2.24) is 0 Å². The Kier molecular flexibility index (Phi) is 3.80. The molecular weight excluding hydrogens is 259 g/mol. The van der Waals surface area contributed by atoms with Gasteiger partial charge in [-0.05, 0) is 36.4 Å². The number of halogens is 3. The molecule has 0 saturated heterocycles. The summed E-state index contributed by atoms with van der Waals surface area (Å²) in [5.41, 5.74) is 4.83. The molecule has 0 spiro atoms. The average molecular weight is 271 g/mol. The summed E-state index contributed by atoms with van der Waals surface area (Å²) in [7, 11) is 0. The number of hydrogen-bond donors (Lipinski definition) is 1. The monoisotopic (exact) mass is 271 g/mol. The van der Waals surface area contributed by atoms with E-state index in [0.717, 1.165) is 12.1 Å². The smallest absolute Gasteiger partial charge is 0.416 e. The van der Waals surface area contributed by atoms with Crippen molar-refractivity contribution in [3.05, 3.63) is 54.0 Å². The Hall–Kier alpha value is -1.95. The summed E-state index contributed by atoms with van der Waals surface area (Å²) in [6, 6.07) is 7.83. The molecule has 0 radical (unpaired) electrons. The standard InChI is InChI=1S/C13H12F3NO2/c14-13(15,16)9-3-5-10(6-4-9)19-12(8-17)11-2-1-7-18-11/h1-7,12H,8,17H2. The van der Waals surface area contributed by atoms with Gasteiger partial charge in [-0.1, -0.05) is 0 Å². The van der Waals surface area contributed by atoms with Crippen LogP contribution in [0.2, 0.25) is 0 Å². The number of rotatable bonds is 4. The summed E-state index contributed by atoms with van der Waals surface area (Å²) < 4.78 is 47.8. The number of nitrogens with two attached hydrogens (primary N) is 1. The molecule has 0 aliphatic heterocycles. The first-order valence-corrected chi connectivity index (χ1v) is 5.58. The number of alkyl halides is 3. The number of hydrogen-bond acceptors (Lipinski definition) is 3. The molecule has 1 unspecified atom stereocenters. The molecule has 2 rings (SSSR count). The lowest BCUT2D eigenvalue weighted by molar-refractivity contribution is -0.137. The summed E-state index contributed by atoms with van der Waals surface area (Å²) in [6.45, 7) is 0.161. The van der Waals surface area contributed by atoms with Crippen LogP contribution in [0.15, 0.2) is 47.1 Å². The van der Waals surface area contributed by atoms with E-state index in [1.54, 1.807) is 12.1 Å². The lowest BCUT2D eigenvalue weighted by Gasteiger charge is -2.15. The third kappa shape index (κ3) is 3.29. The molecule has 2 aromatic rings. The van der Waals surface area contributed by atoms with E-state index >= 15 is 0 Å². The fourth-order valence-corrected chi connectivity index (χ4v) is 1.58. The van der Waals surface area contributed by atoms with Gasteiger partial charge >= 0.3 is 6.18 Å². The number of ether oxygens (including phenoxy) is 1. The molecule has 0 aliphatic carbocycles. The molecular formula is C13H12F3NO2. The molecule has 0 amide bonds. The summed E-state index contributed by atoms with van der Waals surface area (Å²) >= 11 is 0. The highest BCUT2D eigenvalue weighted by molar-refractivity contribution is 5.29. The van der Waals surface area contributed by atoms with Gasteiger partial charge in [-0.3, -0.25) is 0 Å². The molecule has 0 bridgehead atoms. The lowest BCUT2D eigenvalue weighted by atomic mass is 10.2. The van der Waals surface area contributed by atoms with Crippen LogP contribution >= 0.6 is 0 Å². The first kappa shape index (κ1) is 13.5. The van der Waals surface area contributed by atoms with Gasteiger partial charge in [0.15, 0.2) is 6.10 Å². The van der Waals surface area contributed by atoms with Crippen LogP contribution < -0.4 is 10.5 Å². The van der Waals surface area contributed by atoms with Gasteiger partial charge in [0.1, 0.15) is 11.5 Å². The Morgan fingerprint density at radius 1 is 1.16 bits per heavy atom. The largest absolute Gasteiger partial charge is 0.481 e. The van der Waals surface area contributed by atoms with Crippen LogP contribution in [0, 0.1) is 0 Å².